The molecule has 0 bridgehead atoms. The molecule has 0 aliphatic heterocycles. The highest BCUT2D eigenvalue weighted by atomic mass is 35.5. The van der Waals surface area contributed by atoms with Crippen molar-refractivity contribution < 1.29 is 4.79 Å². The number of nitrogens with zero attached hydrogens (tertiary/aromatic N) is 3. The summed E-state index contributed by atoms with van der Waals surface area (Å²) in [6.07, 6.45) is 0. The number of rotatable bonds is 6. The zero-order valence-corrected chi connectivity index (χ0v) is 18.3. The maximum atomic E-state index is 12.9. The van der Waals surface area contributed by atoms with Crippen LogP contribution in [0.15, 0.2) is 34.2 Å². The normalized spacial score (nSPS) is 11.5. The van der Waals surface area contributed by atoms with Crippen LogP contribution in [0, 0.1) is 13.8 Å². The molecule has 1 aromatic carbocycles. The Morgan fingerprint density at radius 3 is 2.57 bits per heavy atom. The Balaban J connectivity index is 1.97. The monoisotopic (exact) mass is 417 g/mol. The van der Waals surface area contributed by atoms with Gasteiger partial charge >= 0.3 is 0 Å². The molecule has 2 aromatic heterocycles. The Labute approximate surface area is 173 Å². The van der Waals surface area contributed by atoms with Crippen LogP contribution in [0.4, 0.5) is 0 Å². The minimum absolute atomic E-state index is 0.0357. The fourth-order valence-electron chi connectivity index (χ4n) is 3.49. The van der Waals surface area contributed by atoms with E-state index in [1.165, 1.54) is 11.8 Å². The van der Waals surface area contributed by atoms with Crippen LogP contribution in [0.2, 0.25) is 5.02 Å². The second-order valence-electron chi connectivity index (χ2n) is 7.07. The molecule has 0 aliphatic carbocycles. The predicted octanol–water partition coefficient (Wildman–Crippen LogP) is 5.04. The fourth-order valence-corrected chi connectivity index (χ4v) is 4.66. The third kappa shape index (κ3) is 3.76. The molecule has 5 nitrogen and oxygen atoms in total. The molecule has 0 unspecified atom stereocenters. The van der Waals surface area contributed by atoms with Gasteiger partial charge in [-0.15, -0.1) is 0 Å². The predicted molar refractivity (Wildman–Crippen MR) is 116 cm³/mol. The van der Waals surface area contributed by atoms with Crippen molar-refractivity contribution in [3.8, 4) is 0 Å². The number of hydrogen-bond acceptors (Lipinski definition) is 4. The number of aryl methyl sites for hydroxylation is 1. The summed E-state index contributed by atoms with van der Waals surface area (Å²) in [6, 6.07) is 6.94. The van der Waals surface area contributed by atoms with Crippen molar-refractivity contribution in [3.05, 3.63) is 56.6 Å². The molecule has 0 amide bonds. The maximum Gasteiger partial charge on any atom is 0.262 e. The Morgan fingerprint density at radius 1 is 1.25 bits per heavy atom. The minimum atomic E-state index is -0.115. The molecule has 0 radical (unpaired) electrons. The van der Waals surface area contributed by atoms with E-state index in [9.17, 15) is 9.59 Å². The molecule has 0 atom stereocenters. The van der Waals surface area contributed by atoms with Crippen molar-refractivity contribution >= 4 is 40.0 Å². The van der Waals surface area contributed by atoms with Crippen LogP contribution in [0.1, 0.15) is 48.6 Å². The molecular formula is C21H24ClN3O2S. The van der Waals surface area contributed by atoms with Gasteiger partial charge in [-0.2, -0.15) is 0 Å². The molecule has 3 aromatic rings. The molecule has 0 saturated heterocycles. The van der Waals surface area contributed by atoms with Gasteiger partial charge in [-0.05, 0) is 58.9 Å². The van der Waals surface area contributed by atoms with E-state index < -0.39 is 0 Å². The molecule has 0 spiro atoms. The topological polar surface area (TPSA) is 56.9 Å². The summed E-state index contributed by atoms with van der Waals surface area (Å²) in [7, 11) is 0. The van der Waals surface area contributed by atoms with E-state index in [0.717, 1.165) is 23.5 Å². The molecule has 0 fully saturated rings. The van der Waals surface area contributed by atoms with Crippen LogP contribution in [0.5, 0.6) is 0 Å². The second kappa shape index (κ2) is 8.13. The first-order valence-corrected chi connectivity index (χ1v) is 10.7. The molecule has 2 heterocycles. The van der Waals surface area contributed by atoms with Crippen LogP contribution in [-0.4, -0.2) is 25.7 Å². The van der Waals surface area contributed by atoms with Gasteiger partial charge in [0.1, 0.15) is 0 Å². The van der Waals surface area contributed by atoms with Crippen molar-refractivity contribution in [1.82, 2.24) is 14.1 Å². The highest BCUT2D eigenvalue weighted by molar-refractivity contribution is 7.99. The van der Waals surface area contributed by atoms with E-state index in [0.29, 0.717) is 21.1 Å². The number of Topliss-reactive ketones (excluding diaryl/α,β-unsaturated/α-hetero) is 1. The van der Waals surface area contributed by atoms with Gasteiger partial charge in [0.25, 0.3) is 5.56 Å². The fraction of sp³-hybridized carbons (Fsp3) is 0.381. The lowest BCUT2D eigenvalue weighted by atomic mass is 10.2. The Bertz CT molecular complexity index is 1120. The smallest absolute Gasteiger partial charge is 0.262 e. The molecule has 3 rings (SSSR count). The van der Waals surface area contributed by atoms with Gasteiger partial charge in [0.15, 0.2) is 10.9 Å². The second-order valence-corrected chi connectivity index (χ2v) is 8.44. The molecular weight excluding hydrogens is 394 g/mol. The van der Waals surface area contributed by atoms with E-state index in [1.54, 1.807) is 22.8 Å². The van der Waals surface area contributed by atoms with Gasteiger partial charge in [-0.25, -0.2) is 4.98 Å². The summed E-state index contributed by atoms with van der Waals surface area (Å²) in [5.41, 5.74) is 3.22. The molecule has 148 valence electrons. The minimum Gasteiger partial charge on any atom is -0.349 e. The largest absolute Gasteiger partial charge is 0.349 e. The zero-order valence-electron chi connectivity index (χ0n) is 16.7. The summed E-state index contributed by atoms with van der Waals surface area (Å²) in [4.78, 5) is 30.4. The van der Waals surface area contributed by atoms with Crippen molar-refractivity contribution in [2.45, 2.75) is 52.4 Å². The lowest BCUT2D eigenvalue weighted by Gasteiger charge is -2.16. The van der Waals surface area contributed by atoms with Gasteiger partial charge in [-0.1, -0.05) is 23.4 Å². The number of benzene rings is 1. The van der Waals surface area contributed by atoms with Gasteiger partial charge in [0.2, 0.25) is 0 Å². The Hall–Kier alpha value is -2.05. The first-order chi connectivity index (χ1) is 13.2. The number of carbonyl (C=O) groups excluding carboxylic acids is 1. The van der Waals surface area contributed by atoms with Crippen LogP contribution in [0.25, 0.3) is 10.9 Å². The van der Waals surface area contributed by atoms with Gasteiger partial charge < -0.3 is 4.57 Å². The molecule has 0 aliphatic rings. The van der Waals surface area contributed by atoms with Crippen LogP contribution in [-0.2, 0) is 6.54 Å². The van der Waals surface area contributed by atoms with Crippen LogP contribution < -0.4 is 5.56 Å². The molecule has 7 heteroatoms. The average Bonchev–Trinajstić information content (AvgIpc) is 2.92. The SMILES string of the molecule is CCn1c(C)cc(C(=O)CSc2nc3cc(Cl)ccc3c(=O)n2C(C)C)c1C. The number of carbonyl (C=O) groups is 1. The number of ketones is 1. The number of thioether (sulfide) groups is 1. The number of halogens is 1. The van der Waals surface area contributed by atoms with E-state index in [-0.39, 0.29) is 23.1 Å². The summed E-state index contributed by atoms with van der Waals surface area (Å²) in [6.45, 7) is 10.7. The van der Waals surface area contributed by atoms with Gasteiger partial charge in [0.05, 0.1) is 16.7 Å². The summed E-state index contributed by atoms with van der Waals surface area (Å²) in [5, 5.41) is 1.59. The first kappa shape index (κ1) is 20.7. The number of fused-ring (bicyclic) bond motifs is 1. The molecule has 28 heavy (non-hydrogen) atoms. The Kier molecular flexibility index (Phi) is 6.01. The third-order valence-electron chi connectivity index (χ3n) is 4.87. The summed E-state index contributed by atoms with van der Waals surface area (Å²) >= 11 is 7.36. The standard InChI is InChI=1S/C21H24ClN3O2S/c1-6-24-13(4)9-17(14(24)5)19(26)11-28-21-23-18-10-15(22)7-8-16(18)20(27)25(21)12(2)3/h7-10,12H,6,11H2,1-5H3. The zero-order chi connectivity index (χ0) is 20.6. The number of hydrogen-bond donors (Lipinski definition) is 0. The lowest BCUT2D eigenvalue weighted by molar-refractivity contribution is 0.102. The summed E-state index contributed by atoms with van der Waals surface area (Å²) in [5.74, 6) is 0.257. The first-order valence-electron chi connectivity index (χ1n) is 9.29. The van der Waals surface area contributed by atoms with Crippen molar-refractivity contribution in [3.63, 3.8) is 0 Å². The van der Waals surface area contributed by atoms with E-state index >= 15 is 0 Å². The highest BCUT2D eigenvalue weighted by Crippen LogP contribution is 2.24. The molecule has 0 saturated carbocycles. The quantitative estimate of drug-likeness (QED) is 0.320. The molecule has 0 N–H and O–H groups in total. The van der Waals surface area contributed by atoms with Gasteiger partial charge in [-0.3, -0.25) is 14.2 Å². The highest BCUT2D eigenvalue weighted by Gasteiger charge is 2.19. The lowest BCUT2D eigenvalue weighted by Crippen LogP contribution is -2.25. The van der Waals surface area contributed by atoms with E-state index in [1.807, 2.05) is 33.8 Å². The average molecular weight is 418 g/mol. The Morgan fingerprint density at radius 2 is 1.96 bits per heavy atom. The van der Waals surface area contributed by atoms with Crippen molar-refractivity contribution in [2.75, 3.05) is 5.75 Å². The third-order valence-corrected chi connectivity index (χ3v) is 6.06. The van der Waals surface area contributed by atoms with Crippen molar-refractivity contribution in [2.24, 2.45) is 0 Å². The van der Waals surface area contributed by atoms with E-state index in [4.69, 9.17) is 11.6 Å². The van der Waals surface area contributed by atoms with Crippen LogP contribution >= 0.6 is 23.4 Å². The van der Waals surface area contributed by atoms with Crippen LogP contribution in [0.3, 0.4) is 0 Å². The number of aromatic nitrogens is 3. The van der Waals surface area contributed by atoms with Crippen molar-refractivity contribution in [1.29, 1.82) is 0 Å². The van der Waals surface area contributed by atoms with E-state index in [2.05, 4.69) is 16.5 Å². The summed E-state index contributed by atoms with van der Waals surface area (Å²) < 4.78 is 3.77. The van der Waals surface area contributed by atoms with Gasteiger partial charge in [0, 0.05) is 34.6 Å². The maximum absolute atomic E-state index is 12.9.